The molecule has 0 atom stereocenters. The van der Waals surface area contributed by atoms with Gasteiger partial charge in [0.2, 0.25) is 0 Å². The summed E-state index contributed by atoms with van der Waals surface area (Å²) in [6.07, 6.45) is 0. The summed E-state index contributed by atoms with van der Waals surface area (Å²) in [5.74, 6) is -1.12. The van der Waals surface area contributed by atoms with E-state index in [-0.39, 0.29) is 11.4 Å². The van der Waals surface area contributed by atoms with Crippen molar-refractivity contribution in [2.45, 2.75) is 6.54 Å². The van der Waals surface area contributed by atoms with Crippen molar-refractivity contribution in [2.24, 2.45) is 0 Å². The highest BCUT2D eigenvalue weighted by atomic mass is 16.5. The Morgan fingerprint density at radius 1 is 1.26 bits per heavy atom. The number of aromatic carboxylic acids is 1. The number of nitrogen functional groups attached to an aromatic ring is 1. The van der Waals surface area contributed by atoms with E-state index in [4.69, 9.17) is 15.6 Å². The second kappa shape index (κ2) is 6.76. The van der Waals surface area contributed by atoms with Crippen LogP contribution in [-0.4, -0.2) is 47.3 Å². The average molecular weight is 313 g/mol. The molecule has 120 valence electrons. The summed E-state index contributed by atoms with van der Waals surface area (Å²) in [6.45, 7) is 4.22. The fourth-order valence-electron chi connectivity index (χ4n) is 2.65. The molecular weight excluding hydrogens is 294 g/mol. The molecular formula is C17H19N3O3. The first kappa shape index (κ1) is 15.5. The zero-order valence-electron chi connectivity index (χ0n) is 12.7. The summed E-state index contributed by atoms with van der Waals surface area (Å²) in [4.78, 5) is 17.7. The smallest absolute Gasteiger partial charge is 0.356 e. The molecule has 0 radical (unpaired) electrons. The summed E-state index contributed by atoms with van der Waals surface area (Å²) in [6, 6.07) is 11.3. The number of nitrogens with two attached hydrogens (primary N) is 1. The minimum atomic E-state index is -1.12. The van der Waals surface area contributed by atoms with Gasteiger partial charge in [0.1, 0.15) is 0 Å². The maximum atomic E-state index is 11.2. The molecule has 1 saturated heterocycles. The van der Waals surface area contributed by atoms with E-state index >= 15 is 0 Å². The van der Waals surface area contributed by atoms with Crippen LogP contribution in [0.2, 0.25) is 0 Å². The molecule has 1 aromatic carbocycles. The monoisotopic (exact) mass is 313 g/mol. The number of hydrogen-bond donors (Lipinski definition) is 2. The van der Waals surface area contributed by atoms with Gasteiger partial charge in [-0.05, 0) is 23.8 Å². The van der Waals surface area contributed by atoms with Crippen molar-refractivity contribution in [1.29, 1.82) is 0 Å². The number of pyridine rings is 1. The minimum absolute atomic E-state index is 0.110. The van der Waals surface area contributed by atoms with E-state index in [1.165, 1.54) is 5.56 Å². The molecule has 1 fully saturated rings. The van der Waals surface area contributed by atoms with Gasteiger partial charge < -0.3 is 15.6 Å². The first-order valence-electron chi connectivity index (χ1n) is 7.53. The van der Waals surface area contributed by atoms with Gasteiger partial charge in [0.25, 0.3) is 0 Å². The molecule has 1 aliphatic heterocycles. The Labute approximate surface area is 134 Å². The van der Waals surface area contributed by atoms with E-state index in [9.17, 15) is 4.79 Å². The molecule has 0 unspecified atom stereocenters. The summed E-state index contributed by atoms with van der Waals surface area (Å²) in [5, 5.41) is 9.15. The first-order chi connectivity index (χ1) is 11.1. The highest BCUT2D eigenvalue weighted by molar-refractivity contribution is 5.92. The Bertz CT molecular complexity index is 712. The molecule has 23 heavy (non-hydrogen) atoms. The van der Waals surface area contributed by atoms with Crippen LogP contribution in [0.15, 0.2) is 36.4 Å². The van der Waals surface area contributed by atoms with Gasteiger partial charge >= 0.3 is 5.97 Å². The van der Waals surface area contributed by atoms with Gasteiger partial charge in [-0.2, -0.15) is 0 Å². The third kappa shape index (κ3) is 3.67. The SMILES string of the molecule is Nc1ccc(-c2cccc(CN3CCOCC3)c2)nc1C(=O)O. The minimum Gasteiger partial charge on any atom is -0.476 e. The molecule has 3 N–H and O–H groups in total. The normalized spacial score (nSPS) is 15.5. The second-order valence-electron chi connectivity index (χ2n) is 5.53. The van der Waals surface area contributed by atoms with Crippen molar-refractivity contribution in [2.75, 3.05) is 32.0 Å². The van der Waals surface area contributed by atoms with Crippen molar-refractivity contribution in [3.63, 3.8) is 0 Å². The molecule has 0 bridgehead atoms. The van der Waals surface area contributed by atoms with Crippen LogP contribution in [-0.2, 0) is 11.3 Å². The molecule has 0 amide bonds. The lowest BCUT2D eigenvalue weighted by atomic mass is 10.1. The molecule has 0 aliphatic carbocycles. The van der Waals surface area contributed by atoms with E-state index < -0.39 is 5.97 Å². The number of benzene rings is 1. The third-order valence-electron chi connectivity index (χ3n) is 3.86. The molecule has 6 nitrogen and oxygen atoms in total. The fourth-order valence-corrected chi connectivity index (χ4v) is 2.65. The van der Waals surface area contributed by atoms with Gasteiger partial charge in [-0.25, -0.2) is 9.78 Å². The molecule has 2 heterocycles. The van der Waals surface area contributed by atoms with Crippen LogP contribution >= 0.6 is 0 Å². The number of morpholine rings is 1. The number of carboxylic acids is 1. The largest absolute Gasteiger partial charge is 0.476 e. The van der Waals surface area contributed by atoms with Crippen molar-refractivity contribution < 1.29 is 14.6 Å². The summed E-state index contributed by atoms with van der Waals surface area (Å²) in [5.41, 5.74) is 8.39. The number of rotatable bonds is 4. The Balaban J connectivity index is 1.84. The van der Waals surface area contributed by atoms with Crippen LogP contribution in [0, 0.1) is 0 Å². The number of carboxylic acid groups (broad SMARTS) is 1. The van der Waals surface area contributed by atoms with E-state index in [0.717, 1.165) is 38.4 Å². The summed E-state index contributed by atoms with van der Waals surface area (Å²) >= 11 is 0. The zero-order valence-corrected chi connectivity index (χ0v) is 12.7. The number of carbonyl (C=O) groups is 1. The van der Waals surface area contributed by atoms with Crippen molar-refractivity contribution in [3.8, 4) is 11.3 Å². The lowest BCUT2D eigenvalue weighted by Gasteiger charge is -2.26. The van der Waals surface area contributed by atoms with Crippen molar-refractivity contribution in [3.05, 3.63) is 47.7 Å². The van der Waals surface area contributed by atoms with Gasteiger partial charge in [-0.15, -0.1) is 0 Å². The standard InChI is InChI=1S/C17H19N3O3/c18-14-4-5-15(19-16(14)17(21)22)13-3-1-2-12(10-13)11-20-6-8-23-9-7-20/h1-5,10H,6-9,11,18H2,(H,21,22). The number of hydrogen-bond acceptors (Lipinski definition) is 5. The van der Waals surface area contributed by atoms with Crippen LogP contribution in [0.25, 0.3) is 11.3 Å². The van der Waals surface area contributed by atoms with Gasteiger partial charge in [-0.3, -0.25) is 4.90 Å². The highest BCUT2D eigenvalue weighted by Crippen LogP contribution is 2.22. The van der Waals surface area contributed by atoms with Gasteiger partial charge in [0.15, 0.2) is 5.69 Å². The quantitative estimate of drug-likeness (QED) is 0.895. The molecule has 0 saturated carbocycles. The number of nitrogens with zero attached hydrogens (tertiary/aromatic N) is 2. The molecule has 3 rings (SSSR count). The maximum absolute atomic E-state index is 11.2. The van der Waals surface area contributed by atoms with E-state index in [2.05, 4.69) is 16.0 Å². The van der Waals surface area contributed by atoms with Crippen LogP contribution in [0.5, 0.6) is 0 Å². The van der Waals surface area contributed by atoms with Crippen molar-refractivity contribution in [1.82, 2.24) is 9.88 Å². The first-order valence-corrected chi connectivity index (χ1v) is 7.53. The Morgan fingerprint density at radius 2 is 2.04 bits per heavy atom. The topological polar surface area (TPSA) is 88.7 Å². The number of ether oxygens (including phenoxy) is 1. The van der Waals surface area contributed by atoms with E-state index in [1.807, 2.05) is 18.2 Å². The van der Waals surface area contributed by atoms with Gasteiger partial charge in [0, 0.05) is 25.2 Å². The van der Waals surface area contributed by atoms with Gasteiger partial charge in [-0.1, -0.05) is 18.2 Å². The predicted octanol–water partition coefficient (Wildman–Crippen LogP) is 1.86. The van der Waals surface area contributed by atoms with Gasteiger partial charge in [0.05, 0.1) is 24.6 Å². The molecule has 1 aromatic heterocycles. The maximum Gasteiger partial charge on any atom is 0.356 e. The zero-order chi connectivity index (χ0) is 16.2. The van der Waals surface area contributed by atoms with E-state index in [1.54, 1.807) is 12.1 Å². The van der Waals surface area contributed by atoms with Crippen molar-refractivity contribution >= 4 is 11.7 Å². The predicted molar refractivity (Wildman–Crippen MR) is 87.1 cm³/mol. The lowest BCUT2D eigenvalue weighted by Crippen LogP contribution is -2.35. The van der Waals surface area contributed by atoms with E-state index in [0.29, 0.717) is 5.69 Å². The fraction of sp³-hybridized carbons (Fsp3) is 0.294. The molecule has 1 aliphatic rings. The summed E-state index contributed by atoms with van der Waals surface area (Å²) < 4.78 is 5.36. The second-order valence-corrected chi connectivity index (χ2v) is 5.53. The highest BCUT2D eigenvalue weighted by Gasteiger charge is 2.13. The molecule has 2 aromatic rings. The lowest BCUT2D eigenvalue weighted by molar-refractivity contribution is 0.0342. The molecule has 6 heteroatoms. The number of anilines is 1. The Morgan fingerprint density at radius 3 is 2.78 bits per heavy atom. The average Bonchev–Trinajstić information content (AvgIpc) is 2.56. The molecule has 0 spiro atoms. The van der Waals surface area contributed by atoms with Crippen LogP contribution < -0.4 is 5.73 Å². The Hall–Kier alpha value is -2.44. The van der Waals surface area contributed by atoms with Crippen LogP contribution in [0.3, 0.4) is 0 Å². The number of aromatic nitrogens is 1. The summed E-state index contributed by atoms with van der Waals surface area (Å²) in [7, 11) is 0. The van der Waals surface area contributed by atoms with Crippen LogP contribution in [0.1, 0.15) is 16.1 Å². The van der Waals surface area contributed by atoms with Crippen LogP contribution in [0.4, 0.5) is 5.69 Å². The Kier molecular flexibility index (Phi) is 4.55. The third-order valence-corrected chi connectivity index (χ3v) is 3.86.